The van der Waals surface area contributed by atoms with Gasteiger partial charge in [-0.25, -0.2) is 17.6 Å². The Balaban J connectivity index is 1.52. The van der Waals surface area contributed by atoms with Crippen molar-refractivity contribution in [2.24, 2.45) is 5.92 Å². The first kappa shape index (κ1) is 25.8. The molecular weight excluding hydrogens is 498 g/mol. The van der Waals surface area contributed by atoms with Gasteiger partial charge in [0.05, 0.1) is 12.6 Å². The van der Waals surface area contributed by atoms with Crippen LogP contribution in [0.3, 0.4) is 0 Å². The molecule has 1 aliphatic heterocycles. The van der Waals surface area contributed by atoms with Gasteiger partial charge in [0, 0.05) is 17.7 Å². The maximum Gasteiger partial charge on any atom is 0.284 e. The number of hydrogen-bond donors (Lipinski definition) is 2. The molecule has 1 atom stereocenters. The number of hydrogen-bond acceptors (Lipinski definition) is 3. The lowest BCUT2D eigenvalue weighted by molar-refractivity contribution is 0.0931. The van der Waals surface area contributed by atoms with Gasteiger partial charge in [-0.1, -0.05) is 18.2 Å². The quantitative estimate of drug-likeness (QED) is 0.329. The van der Waals surface area contributed by atoms with Crippen molar-refractivity contribution in [3.05, 3.63) is 94.0 Å². The molecule has 198 valence electrons. The highest BCUT2D eigenvalue weighted by Crippen LogP contribution is 2.41. The van der Waals surface area contributed by atoms with E-state index in [1.165, 1.54) is 18.2 Å². The zero-order valence-corrected chi connectivity index (χ0v) is 20.7. The Kier molecular flexibility index (Phi) is 7.10. The van der Waals surface area contributed by atoms with Gasteiger partial charge in [0.25, 0.3) is 18.4 Å². The van der Waals surface area contributed by atoms with E-state index in [0.717, 1.165) is 30.5 Å². The smallest absolute Gasteiger partial charge is 0.284 e. The normalized spacial score (nSPS) is 16.1. The molecule has 0 radical (unpaired) electrons. The lowest BCUT2D eigenvalue weighted by Crippen LogP contribution is -2.30. The molecule has 1 aliphatic carbocycles. The maximum atomic E-state index is 13.9. The minimum absolute atomic E-state index is 0.00284. The fraction of sp³-hybridized carbons (Fsp3) is 0.310. The van der Waals surface area contributed by atoms with Gasteiger partial charge in [-0.3, -0.25) is 10.2 Å². The fourth-order valence-electron chi connectivity index (χ4n) is 4.85. The van der Waals surface area contributed by atoms with E-state index in [0.29, 0.717) is 29.8 Å². The van der Waals surface area contributed by atoms with E-state index in [2.05, 4.69) is 5.32 Å². The molecule has 1 saturated carbocycles. The van der Waals surface area contributed by atoms with Crippen LogP contribution in [0.1, 0.15) is 57.9 Å². The molecule has 0 aromatic heterocycles. The van der Waals surface area contributed by atoms with Gasteiger partial charge in [-0.2, -0.15) is 0 Å². The second kappa shape index (κ2) is 10.5. The van der Waals surface area contributed by atoms with Crippen LogP contribution >= 0.6 is 0 Å². The van der Waals surface area contributed by atoms with Gasteiger partial charge in [0.2, 0.25) is 0 Å². The number of rotatable bonds is 8. The first-order valence-electron chi connectivity index (χ1n) is 12.4. The third-order valence-electron chi connectivity index (χ3n) is 7.00. The number of benzene rings is 3. The molecule has 0 bridgehead atoms. The van der Waals surface area contributed by atoms with Crippen molar-refractivity contribution < 1.29 is 27.1 Å². The summed E-state index contributed by atoms with van der Waals surface area (Å²) in [4.78, 5) is 15.2. The summed E-state index contributed by atoms with van der Waals surface area (Å²) in [7, 11) is 0. The fourth-order valence-corrected chi connectivity index (χ4v) is 4.85. The first-order valence-corrected chi connectivity index (χ1v) is 12.4. The Morgan fingerprint density at radius 3 is 2.55 bits per heavy atom. The van der Waals surface area contributed by atoms with Gasteiger partial charge in [0.15, 0.2) is 0 Å². The number of halogens is 4. The second-order valence-electron chi connectivity index (χ2n) is 9.82. The molecule has 0 unspecified atom stereocenters. The van der Waals surface area contributed by atoms with Crippen molar-refractivity contribution in [3.8, 4) is 11.1 Å². The molecule has 1 saturated heterocycles. The van der Waals surface area contributed by atoms with Gasteiger partial charge in [-0.05, 0) is 89.9 Å². The van der Waals surface area contributed by atoms with Crippen LogP contribution in [0.15, 0.2) is 54.6 Å². The zero-order chi connectivity index (χ0) is 27.0. The van der Waals surface area contributed by atoms with Crippen LogP contribution in [0.5, 0.6) is 0 Å². The van der Waals surface area contributed by atoms with Crippen molar-refractivity contribution in [1.29, 1.82) is 5.41 Å². The Morgan fingerprint density at radius 2 is 1.89 bits per heavy atom. The zero-order valence-electron chi connectivity index (χ0n) is 20.7. The minimum atomic E-state index is -2.91. The summed E-state index contributed by atoms with van der Waals surface area (Å²) < 4.78 is 60.5. The molecule has 38 heavy (non-hydrogen) atoms. The van der Waals surface area contributed by atoms with E-state index in [9.17, 15) is 22.4 Å². The highest BCUT2D eigenvalue weighted by molar-refractivity contribution is 5.96. The number of carbonyl (C=O) groups is 1. The van der Waals surface area contributed by atoms with Crippen molar-refractivity contribution in [2.45, 2.75) is 38.8 Å². The summed E-state index contributed by atoms with van der Waals surface area (Å²) in [5.41, 5.74) is 2.15. The second-order valence-corrected chi connectivity index (χ2v) is 9.82. The SMILES string of the molecule is Cc1cc([C@@H](NC(=O)c2cc(CN3CCOC3=N)cc(-c3ccc(F)cc3C(F)F)c2)C2CC2)ccc1F. The van der Waals surface area contributed by atoms with Gasteiger partial charge in [0.1, 0.15) is 18.2 Å². The highest BCUT2D eigenvalue weighted by atomic mass is 19.3. The van der Waals surface area contributed by atoms with Gasteiger partial charge < -0.3 is 15.0 Å². The maximum absolute atomic E-state index is 13.9. The molecule has 5 nitrogen and oxygen atoms in total. The summed E-state index contributed by atoms with van der Waals surface area (Å²) in [6, 6.07) is 12.5. The number of ether oxygens (including phenoxy) is 1. The molecule has 3 aromatic carbocycles. The van der Waals surface area contributed by atoms with Crippen molar-refractivity contribution >= 4 is 11.9 Å². The van der Waals surface area contributed by atoms with Crippen molar-refractivity contribution in [3.63, 3.8) is 0 Å². The summed E-state index contributed by atoms with van der Waals surface area (Å²) >= 11 is 0. The number of nitrogens with zero attached hydrogens (tertiary/aromatic N) is 1. The number of amidine groups is 1. The molecule has 1 amide bonds. The van der Waals surface area contributed by atoms with E-state index in [4.69, 9.17) is 10.1 Å². The lowest BCUT2D eigenvalue weighted by Gasteiger charge is -2.21. The van der Waals surface area contributed by atoms with Crippen molar-refractivity contribution in [1.82, 2.24) is 10.2 Å². The highest BCUT2D eigenvalue weighted by Gasteiger charge is 2.34. The van der Waals surface area contributed by atoms with Crippen LogP contribution in [0.2, 0.25) is 0 Å². The molecule has 5 rings (SSSR count). The average Bonchev–Trinajstić information content (AvgIpc) is 3.66. The van der Waals surface area contributed by atoms with E-state index in [1.54, 1.807) is 36.1 Å². The Bertz CT molecular complexity index is 1390. The Hall–Kier alpha value is -3.88. The topological polar surface area (TPSA) is 65.4 Å². The molecule has 0 spiro atoms. The molecule has 2 aliphatic rings. The lowest BCUT2D eigenvalue weighted by atomic mass is 9.94. The van der Waals surface area contributed by atoms with Crippen LogP contribution in [0.4, 0.5) is 17.6 Å². The summed E-state index contributed by atoms with van der Waals surface area (Å²) in [5, 5.41) is 11.0. The van der Waals surface area contributed by atoms with E-state index < -0.39 is 23.7 Å². The third-order valence-corrected chi connectivity index (χ3v) is 7.00. The molecular formula is C29H27F4N3O2. The number of alkyl halides is 2. The molecule has 2 N–H and O–H groups in total. The van der Waals surface area contributed by atoms with E-state index >= 15 is 0 Å². The van der Waals surface area contributed by atoms with Crippen LogP contribution in [0, 0.1) is 29.9 Å². The van der Waals surface area contributed by atoms with E-state index in [-0.39, 0.29) is 41.5 Å². The van der Waals surface area contributed by atoms with E-state index in [1.807, 2.05) is 0 Å². The van der Waals surface area contributed by atoms with Crippen LogP contribution in [-0.2, 0) is 11.3 Å². The monoisotopic (exact) mass is 525 g/mol. The molecule has 2 fully saturated rings. The van der Waals surface area contributed by atoms with Crippen LogP contribution in [-0.4, -0.2) is 30.0 Å². The predicted molar refractivity (Wildman–Crippen MR) is 135 cm³/mol. The summed E-state index contributed by atoms with van der Waals surface area (Å²) in [6.07, 6.45) is -1.06. The van der Waals surface area contributed by atoms with Crippen LogP contribution in [0.25, 0.3) is 11.1 Å². The number of nitrogens with one attached hydrogen (secondary N) is 2. The summed E-state index contributed by atoms with van der Waals surface area (Å²) in [5.74, 6) is -1.28. The number of carbonyl (C=O) groups excluding carboxylic acids is 1. The largest absolute Gasteiger partial charge is 0.463 e. The van der Waals surface area contributed by atoms with Crippen LogP contribution < -0.4 is 5.32 Å². The predicted octanol–water partition coefficient (Wildman–Crippen LogP) is 6.53. The minimum Gasteiger partial charge on any atom is -0.463 e. The summed E-state index contributed by atoms with van der Waals surface area (Å²) in [6.45, 7) is 2.75. The first-order chi connectivity index (χ1) is 18.2. The van der Waals surface area contributed by atoms with Gasteiger partial charge >= 0.3 is 0 Å². The molecule has 9 heteroatoms. The number of amides is 1. The average molecular weight is 526 g/mol. The molecule has 3 aromatic rings. The Morgan fingerprint density at radius 1 is 1.11 bits per heavy atom. The third kappa shape index (κ3) is 5.51. The standard InChI is InChI=1S/C29H27F4N3O2/c1-16-10-19(4-7-25(16)31)26(18-2-3-18)35-28(37)21-12-17(15-36-8-9-38-29(36)34)11-20(13-21)23-6-5-22(30)14-24(23)27(32)33/h4-7,10-14,18,26-27,34H,2-3,8-9,15H2,1H3,(H,35,37)/t26-/m0/s1. The van der Waals surface area contributed by atoms with Crippen molar-refractivity contribution in [2.75, 3.05) is 13.2 Å². The molecule has 1 heterocycles. The van der Waals surface area contributed by atoms with Gasteiger partial charge in [-0.15, -0.1) is 0 Å². The number of aryl methyl sites for hydroxylation is 1. The Labute approximate surface area is 217 Å².